The summed E-state index contributed by atoms with van der Waals surface area (Å²) in [6.45, 7) is 5.08. The van der Waals surface area contributed by atoms with E-state index in [4.69, 9.17) is 0 Å². The average molecular weight is 177 g/mol. The third-order valence-corrected chi connectivity index (χ3v) is 2.67. The Balaban J connectivity index is 2.42. The maximum atomic E-state index is 9.82. The van der Waals surface area contributed by atoms with Crippen LogP contribution in [0.25, 0.3) is 0 Å². The molecule has 2 heteroatoms. The number of phenolic OH excluding ortho intramolecular Hbond substituents is 1. The van der Waals surface area contributed by atoms with Crippen LogP contribution in [0.4, 0.5) is 0 Å². The van der Waals surface area contributed by atoms with E-state index in [2.05, 4.69) is 18.3 Å². The lowest BCUT2D eigenvalue weighted by molar-refractivity contribution is 0.363. The number of hydrogen-bond acceptors (Lipinski definition) is 2. The molecule has 1 heterocycles. The minimum atomic E-state index is 0.374. The van der Waals surface area contributed by atoms with Gasteiger partial charge < -0.3 is 10.4 Å². The van der Waals surface area contributed by atoms with Gasteiger partial charge in [-0.1, -0.05) is 17.7 Å². The van der Waals surface area contributed by atoms with Gasteiger partial charge in [0.05, 0.1) is 0 Å². The van der Waals surface area contributed by atoms with Crippen LogP contribution in [-0.2, 0) is 0 Å². The highest BCUT2D eigenvalue weighted by Crippen LogP contribution is 2.33. The van der Waals surface area contributed by atoms with Crippen LogP contribution in [0.15, 0.2) is 12.1 Å². The number of nitrogens with one attached hydrogen (secondary N) is 1. The molecule has 0 bridgehead atoms. The number of hydrogen-bond donors (Lipinski definition) is 2. The summed E-state index contributed by atoms with van der Waals surface area (Å²) in [5, 5.41) is 13.1. The van der Waals surface area contributed by atoms with Crippen molar-refractivity contribution in [2.75, 3.05) is 6.54 Å². The summed E-state index contributed by atoms with van der Waals surface area (Å²) in [5.74, 6) is 0.461. The maximum absolute atomic E-state index is 9.82. The van der Waals surface area contributed by atoms with Gasteiger partial charge in [0, 0.05) is 11.6 Å². The van der Waals surface area contributed by atoms with Gasteiger partial charge in [-0.2, -0.15) is 0 Å². The Morgan fingerprint density at radius 1 is 1.38 bits per heavy atom. The van der Waals surface area contributed by atoms with E-state index in [9.17, 15) is 5.11 Å². The monoisotopic (exact) mass is 177 g/mol. The van der Waals surface area contributed by atoms with Crippen molar-refractivity contribution in [3.8, 4) is 5.75 Å². The van der Waals surface area contributed by atoms with E-state index < -0.39 is 0 Å². The minimum Gasteiger partial charge on any atom is -0.507 e. The van der Waals surface area contributed by atoms with E-state index >= 15 is 0 Å². The summed E-state index contributed by atoms with van der Waals surface area (Å²) < 4.78 is 0. The molecule has 1 aromatic rings. The standard InChI is InChI=1S/C11H15NO/c1-7-5-8(2)11(13)9(6-7)10-3-4-12-10/h5-6,10,12-13H,3-4H2,1-2H3/t10-/m1/s1. The van der Waals surface area contributed by atoms with Gasteiger partial charge in [0.25, 0.3) is 0 Å². The van der Waals surface area contributed by atoms with E-state index in [-0.39, 0.29) is 0 Å². The van der Waals surface area contributed by atoms with Crippen molar-refractivity contribution in [1.29, 1.82) is 0 Å². The second-order valence-electron chi connectivity index (χ2n) is 3.82. The van der Waals surface area contributed by atoms with Crippen molar-refractivity contribution in [3.63, 3.8) is 0 Å². The first-order valence-electron chi connectivity index (χ1n) is 4.72. The molecule has 0 radical (unpaired) electrons. The Bertz CT molecular complexity index is 329. The molecule has 0 spiro atoms. The summed E-state index contributed by atoms with van der Waals surface area (Å²) in [6.07, 6.45) is 1.14. The SMILES string of the molecule is Cc1cc(C)c(O)c([C@H]2CCN2)c1. The highest BCUT2D eigenvalue weighted by Gasteiger charge is 2.22. The van der Waals surface area contributed by atoms with Gasteiger partial charge in [-0.15, -0.1) is 0 Å². The van der Waals surface area contributed by atoms with E-state index in [1.165, 1.54) is 5.56 Å². The van der Waals surface area contributed by atoms with Crippen LogP contribution in [0, 0.1) is 13.8 Å². The fourth-order valence-electron chi connectivity index (χ4n) is 1.81. The smallest absolute Gasteiger partial charge is 0.123 e. The van der Waals surface area contributed by atoms with Gasteiger partial charge in [0.15, 0.2) is 0 Å². The maximum Gasteiger partial charge on any atom is 0.123 e. The molecule has 1 aromatic carbocycles. The van der Waals surface area contributed by atoms with Gasteiger partial charge in [-0.3, -0.25) is 0 Å². The zero-order valence-electron chi connectivity index (χ0n) is 8.09. The molecule has 13 heavy (non-hydrogen) atoms. The normalized spacial score (nSPS) is 21.2. The minimum absolute atomic E-state index is 0.374. The predicted octanol–water partition coefficient (Wildman–Crippen LogP) is 2.04. The summed E-state index contributed by atoms with van der Waals surface area (Å²) >= 11 is 0. The molecule has 2 nitrogen and oxygen atoms in total. The molecular formula is C11H15NO. The summed E-state index contributed by atoms with van der Waals surface area (Å²) in [5.41, 5.74) is 3.26. The van der Waals surface area contributed by atoms with Crippen molar-refractivity contribution in [3.05, 3.63) is 28.8 Å². The first kappa shape index (κ1) is 8.57. The van der Waals surface area contributed by atoms with E-state index in [1.54, 1.807) is 0 Å². The largest absolute Gasteiger partial charge is 0.507 e. The second-order valence-corrected chi connectivity index (χ2v) is 3.82. The van der Waals surface area contributed by atoms with Crippen molar-refractivity contribution in [1.82, 2.24) is 5.32 Å². The molecule has 0 saturated carbocycles. The summed E-state index contributed by atoms with van der Waals surface area (Å²) in [6, 6.07) is 4.45. The topological polar surface area (TPSA) is 32.3 Å². The second kappa shape index (κ2) is 3.04. The summed E-state index contributed by atoms with van der Waals surface area (Å²) in [4.78, 5) is 0. The van der Waals surface area contributed by atoms with Crippen LogP contribution < -0.4 is 5.32 Å². The lowest BCUT2D eigenvalue weighted by Crippen LogP contribution is -2.35. The Morgan fingerprint density at radius 2 is 2.08 bits per heavy atom. The lowest BCUT2D eigenvalue weighted by Gasteiger charge is -2.29. The van der Waals surface area contributed by atoms with Crippen molar-refractivity contribution < 1.29 is 5.11 Å². The van der Waals surface area contributed by atoms with Gasteiger partial charge >= 0.3 is 0 Å². The zero-order valence-corrected chi connectivity index (χ0v) is 8.09. The van der Waals surface area contributed by atoms with Crippen molar-refractivity contribution in [2.24, 2.45) is 0 Å². The van der Waals surface area contributed by atoms with Crippen molar-refractivity contribution >= 4 is 0 Å². The van der Waals surface area contributed by atoms with Gasteiger partial charge in [0.1, 0.15) is 5.75 Å². The molecule has 1 aliphatic heterocycles. The molecule has 1 saturated heterocycles. The first-order chi connectivity index (χ1) is 6.18. The molecule has 2 N–H and O–H groups in total. The molecule has 1 atom stereocenters. The average Bonchev–Trinajstić information content (AvgIpc) is 1.95. The molecule has 1 aliphatic rings. The highest BCUT2D eigenvalue weighted by molar-refractivity contribution is 5.44. The van der Waals surface area contributed by atoms with Crippen LogP contribution in [0.2, 0.25) is 0 Å². The number of phenols is 1. The van der Waals surface area contributed by atoms with Crippen LogP contribution in [0.5, 0.6) is 5.75 Å². The molecule has 0 aromatic heterocycles. The molecule has 1 fully saturated rings. The van der Waals surface area contributed by atoms with Crippen LogP contribution in [0.1, 0.15) is 29.2 Å². The van der Waals surface area contributed by atoms with Gasteiger partial charge in [-0.05, 0) is 32.4 Å². The first-order valence-corrected chi connectivity index (χ1v) is 4.72. The van der Waals surface area contributed by atoms with Crippen LogP contribution in [-0.4, -0.2) is 11.7 Å². The Labute approximate surface area is 78.6 Å². The molecule has 70 valence electrons. The third kappa shape index (κ3) is 1.42. The fourth-order valence-corrected chi connectivity index (χ4v) is 1.81. The van der Waals surface area contributed by atoms with Gasteiger partial charge in [-0.25, -0.2) is 0 Å². The Hall–Kier alpha value is -1.02. The van der Waals surface area contributed by atoms with Crippen molar-refractivity contribution in [2.45, 2.75) is 26.3 Å². The lowest BCUT2D eigenvalue weighted by atomic mass is 9.94. The summed E-state index contributed by atoms with van der Waals surface area (Å²) in [7, 11) is 0. The van der Waals surface area contributed by atoms with Crippen LogP contribution in [0.3, 0.4) is 0 Å². The van der Waals surface area contributed by atoms with Crippen LogP contribution >= 0.6 is 0 Å². The quantitative estimate of drug-likeness (QED) is 0.688. The van der Waals surface area contributed by atoms with E-state index in [0.29, 0.717) is 11.8 Å². The fraction of sp³-hybridized carbons (Fsp3) is 0.455. The van der Waals surface area contributed by atoms with E-state index in [1.807, 2.05) is 13.0 Å². The highest BCUT2D eigenvalue weighted by atomic mass is 16.3. The number of aryl methyl sites for hydroxylation is 2. The molecule has 2 rings (SSSR count). The molecular weight excluding hydrogens is 162 g/mol. The Kier molecular flexibility index (Phi) is 2.00. The Morgan fingerprint density at radius 3 is 2.62 bits per heavy atom. The number of rotatable bonds is 1. The zero-order chi connectivity index (χ0) is 9.42. The molecule has 0 aliphatic carbocycles. The van der Waals surface area contributed by atoms with Gasteiger partial charge in [0.2, 0.25) is 0 Å². The third-order valence-electron chi connectivity index (χ3n) is 2.67. The predicted molar refractivity (Wildman–Crippen MR) is 52.9 cm³/mol. The molecule has 0 amide bonds. The number of aromatic hydroxyl groups is 1. The molecule has 0 unspecified atom stereocenters. The van der Waals surface area contributed by atoms with E-state index in [0.717, 1.165) is 24.1 Å². The number of benzene rings is 1.